The van der Waals surface area contributed by atoms with E-state index >= 15 is 0 Å². The molecule has 5 heteroatoms. The summed E-state index contributed by atoms with van der Waals surface area (Å²) in [6.07, 6.45) is 1.84. The molecule has 0 unspecified atom stereocenters. The maximum Gasteiger partial charge on any atom is 0.242 e. The van der Waals surface area contributed by atoms with Crippen molar-refractivity contribution in [2.45, 2.75) is 40.5 Å². The molecule has 1 aromatic carbocycles. The highest BCUT2D eigenvalue weighted by molar-refractivity contribution is 9.10. The molecule has 1 rings (SSSR count). The zero-order chi connectivity index (χ0) is 16.7. The van der Waals surface area contributed by atoms with Crippen molar-refractivity contribution in [3.05, 3.63) is 28.2 Å². The van der Waals surface area contributed by atoms with Gasteiger partial charge >= 0.3 is 0 Å². The molecule has 0 saturated carbocycles. The summed E-state index contributed by atoms with van der Waals surface area (Å²) >= 11 is 3.45. The van der Waals surface area contributed by atoms with Crippen LogP contribution >= 0.6 is 15.9 Å². The smallest absolute Gasteiger partial charge is 0.242 e. The fourth-order valence-corrected chi connectivity index (χ4v) is 2.56. The van der Waals surface area contributed by atoms with Gasteiger partial charge in [-0.2, -0.15) is 0 Å². The summed E-state index contributed by atoms with van der Waals surface area (Å²) in [5, 5.41) is 0. The molecule has 0 aliphatic heterocycles. The van der Waals surface area contributed by atoms with E-state index in [0.29, 0.717) is 0 Å². The standard InChI is InChI=1S/C17H25BrN2O2/c1-5-9-19(10-6-2)17(22)12-20(14(4)21)15-7-8-16(18)13(3)11-15/h7-8,11H,5-6,9-10,12H2,1-4H3. The second-order valence-electron chi connectivity index (χ2n) is 5.42. The first kappa shape index (κ1) is 18.7. The van der Waals surface area contributed by atoms with Crippen LogP contribution in [-0.4, -0.2) is 36.3 Å². The number of anilines is 1. The van der Waals surface area contributed by atoms with Gasteiger partial charge in [0.25, 0.3) is 0 Å². The van der Waals surface area contributed by atoms with Crippen molar-refractivity contribution in [3.63, 3.8) is 0 Å². The molecule has 0 atom stereocenters. The Morgan fingerprint density at radius 2 is 1.73 bits per heavy atom. The Balaban J connectivity index is 2.93. The van der Waals surface area contributed by atoms with Crippen molar-refractivity contribution in [3.8, 4) is 0 Å². The van der Waals surface area contributed by atoms with Crippen molar-refractivity contribution in [1.82, 2.24) is 4.90 Å². The van der Waals surface area contributed by atoms with E-state index in [-0.39, 0.29) is 18.4 Å². The van der Waals surface area contributed by atoms with Crippen LogP contribution in [0.4, 0.5) is 5.69 Å². The van der Waals surface area contributed by atoms with Gasteiger partial charge < -0.3 is 9.80 Å². The number of carbonyl (C=O) groups excluding carboxylic acids is 2. The van der Waals surface area contributed by atoms with Gasteiger partial charge in [0, 0.05) is 30.2 Å². The summed E-state index contributed by atoms with van der Waals surface area (Å²) in [6, 6.07) is 5.68. The van der Waals surface area contributed by atoms with E-state index in [0.717, 1.165) is 41.7 Å². The largest absolute Gasteiger partial charge is 0.341 e. The first-order valence-corrected chi connectivity index (χ1v) is 8.52. The SMILES string of the molecule is CCCN(CCC)C(=O)CN(C(C)=O)c1ccc(Br)c(C)c1. The Morgan fingerprint density at radius 3 is 2.18 bits per heavy atom. The molecule has 0 fully saturated rings. The number of nitrogens with zero attached hydrogens (tertiary/aromatic N) is 2. The molecule has 0 aliphatic rings. The van der Waals surface area contributed by atoms with Crippen molar-refractivity contribution in [2.24, 2.45) is 0 Å². The number of halogens is 1. The number of rotatable bonds is 7. The maximum atomic E-state index is 12.5. The predicted octanol–water partition coefficient (Wildman–Crippen LogP) is 3.76. The quantitative estimate of drug-likeness (QED) is 0.734. The minimum absolute atomic E-state index is 0.000489. The van der Waals surface area contributed by atoms with Gasteiger partial charge in [0.05, 0.1) is 0 Å². The zero-order valence-corrected chi connectivity index (χ0v) is 15.4. The third-order valence-electron chi connectivity index (χ3n) is 3.47. The molecule has 0 aromatic heterocycles. The van der Waals surface area contributed by atoms with E-state index in [1.165, 1.54) is 6.92 Å². The van der Waals surface area contributed by atoms with Crippen LogP contribution in [-0.2, 0) is 9.59 Å². The van der Waals surface area contributed by atoms with Gasteiger partial charge in [-0.25, -0.2) is 0 Å². The van der Waals surface area contributed by atoms with Gasteiger partial charge in [0.2, 0.25) is 11.8 Å². The van der Waals surface area contributed by atoms with E-state index in [9.17, 15) is 9.59 Å². The second-order valence-corrected chi connectivity index (χ2v) is 6.27. The lowest BCUT2D eigenvalue weighted by atomic mass is 10.2. The van der Waals surface area contributed by atoms with Crippen molar-refractivity contribution in [2.75, 3.05) is 24.5 Å². The van der Waals surface area contributed by atoms with E-state index in [1.807, 2.05) is 30.0 Å². The van der Waals surface area contributed by atoms with Gasteiger partial charge in [0.1, 0.15) is 6.54 Å². The lowest BCUT2D eigenvalue weighted by Gasteiger charge is -2.27. The molecular formula is C17H25BrN2O2. The van der Waals surface area contributed by atoms with Gasteiger partial charge in [0.15, 0.2) is 0 Å². The molecule has 0 bridgehead atoms. The van der Waals surface area contributed by atoms with Crippen LogP contribution in [0.5, 0.6) is 0 Å². The first-order valence-electron chi connectivity index (χ1n) is 7.72. The fraction of sp³-hybridized carbons (Fsp3) is 0.529. The van der Waals surface area contributed by atoms with Crippen LogP contribution in [0.3, 0.4) is 0 Å². The number of carbonyl (C=O) groups is 2. The van der Waals surface area contributed by atoms with Crippen LogP contribution in [0.15, 0.2) is 22.7 Å². The van der Waals surface area contributed by atoms with Gasteiger partial charge in [-0.05, 0) is 43.5 Å². The highest BCUT2D eigenvalue weighted by atomic mass is 79.9. The molecule has 1 aromatic rings. The Hall–Kier alpha value is -1.36. The number of hydrogen-bond donors (Lipinski definition) is 0. The normalized spacial score (nSPS) is 10.4. The van der Waals surface area contributed by atoms with Gasteiger partial charge in [-0.3, -0.25) is 9.59 Å². The summed E-state index contributed by atoms with van der Waals surface area (Å²) < 4.78 is 0.990. The lowest BCUT2D eigenvalue weighted by Crippen LogP contribution is -2.43. The summed E-state index contributed by atoms with van der Waals surface area (Å²) in [5.41, 5.74) is 1.80. The summed E-state index contributed by atoms with van der Waals surface area (Å²) in [6.45, 7) is 9.13. The number of aryl methyl sites for hydroxylation is 1. The molecule has 22 heavy (non-hydrogen) atoms. The molecular weight excluding hydrogens is 344 g/mol. The Morgan fingerprint density at radius 1 is 1.14 bits per heavy atom. The van der Waals surface area contributed by atoms with Crippen molar-refractivity contribution in [1.29, 1.82) is 0 Å². The molecule has 0 N–H and O–H groups in total. The molecule has 4 nitrogen and oxygen atoms in total. The topological polar surface area (TPSA) is 40.6 Å². The molecule has 0 saturated heterocycles. The highest BCUT2D eigenvalue weighted by Gasteiger charge is 2.20. The summed E-state index contributed by atoms with van der Waals surface area (Å²) in [4.78, 5) is 27.8. The van der Waals surface area contributed by atoms with Gasteiger partial charge in [-0.15, -0.1) is 0 Å². The Bertz CT molecular complexity index is 525. The average molecular weight is 369 g/mol. The monoisotopic (exact) mass is 368 g/mol. The van der Waals surface area contributed by atoms with Crippen LogP contribution in [0.25, 0.3) is 0 Å². The molecule has 0 radical (unpaired) electrons. The number of benzene rings is 1. The first-order chi connectivity index (χ1) is 10.4. The molecule has 122 valence electrons. The zero-order valence-electron chi connectivity index (χ0n) is 13.9. The molecule has 2 amide bonds. The summed E-state index contributed by atoms with van der Waals surface area (Å²) in [5.74, 6) is -0.123. The van der Waals surface area contributed by atoms with Crippen LogP contribution in [0, 0.1) is 6.92 Å². The third kappa shape index (κ3) is 5.13. The van der Waals surface area contributed by atoms with E-state index in [2.05, 4.69) is 29.8 Å². The lowest BCUT2D eigenvalue weighted by molar-refractivity contribution is -0.131. The summed E-state index contributed by atoms with van der Waals surface area (Å²) in [7, 11) is 0. The van der Waals surface area contributed by atoms with E-state index in [4.69, 9.17) is 0 Å². The van der Waals surface area contributed by atoms with E-state index in [1.54, 1.807) is 4.90 Å². The Labute approximate surface area is 141 Å². The molecule has 0 heterocycles. The minimum Gasteiger partial charge on any atom is -0.341 e. The fourth-order valence-electron chi connectivity index (χ4n) is 2.32. The van der Waals surface area contributed by atoms with Crippen LogP contribution in [0.1, 0.15) is 39.2 Å². The maximum absolute atomic E-state index is 12.5. The second kappa shape index (κ2) is 8.93. The number of amides is 2. The van der Waals surface area contributed by atoms with Crippen molar-refractivity contribution < 1.29 is 9.59 Å². The van der Waals surface area contributed by atoms with Gasteiger partial charge in [-0.1, -0.05) is 29.8 Å². The number of hydrogen-bond acceptors (Lipinski definition) is 2. The average Bonchev–Trinajstić information content (AvgIpc) is 2.47. The van der Waals surface area contributed by atoms with E-state index < -0.39 is 0 Å². The molecule has 0 spiro atoms. The van der Waals surface area contributed by atoms with Crippen LogP contribution < -0.4 is 4.90 Å². The third-order valence-corrected chi connectivity index (χ3v) is 4.36. The molecule has 0 aliphatic carbocycles. The minimum atomic E-state index is -0.122. The highest BCUT2D eigenvalue weighted by Crippen LogP contribution is 2.23. The Kier molecular flexibility index (Phi) is 7.59. The predicted molar refractivity (Wildman–Crippen MR) is 94.1 cm³/mol. The van der Waals surface area contributed by atoms with Crippen molar-refractivity contribution >= 4 is 33.4 Å². The van der Waals surface area contributed by atoms with Crippen LogP contribution in [0.2, 0.25) is 0 Å².